The molecule has 0 atom stereocenters. The number of carbonyl (C=O) groups is 1. The highest BCUT2D eigenvalue weighted by Crippen LogP contribution is 2.33. The fourth-order valence-electron chi connectivity index (χ4n) is 1.57. The van der Waals surface area contributed by atoms with Gasteiger partial charge in [-0.2, -0.15) is 0 Å². The zero-order valence-electron chi connectivity index (χ0n) is 9.27. The van der Waals surface area contributed by atoms with Gasteiger partial charge in [0.2, 0.25) is 0 Å². The summed E-state index contributed by atoms with van der Waals surface area (Å²) in [5.74, 6) is 0.172. The standard InChI is InChI=1S/C13H11FO2S/c1-2-16-13-6-10(14)3-4-12(13)9-5-11(7-15)17-8-9/h3-8H,2H2,1H3. The van der Waals surface area contributed by atoms with Crippen LogP contribution in [0.1, 0.15) is 16.6 Å². The van der Waals surface area contributed by atoms with Crippen LogP contribution in [-0.4, -0.2) is 12.9 Å². The molecule has 4 heteroatoms. The van der Waals surface area contributed by atoms with Crippen LogP contribution in [0.3, 0.4) is 0 Å². The molecule has 1 heterocycles. The summed E-state index contributed by atoms with van der Waals surface area (Å²) < 4.78 is 18.5. The minimum atomic E-state index is -0.331. The van der Waals surface area contributed by atoms with Crippen LogP contribution in [0.15, 0.2) is 29.6 Å². The molecule has 0 bridgehead atoms. The maximum absolute atomic E-state index is 13.1. The molecule has 0 aliphatic heterocycles. The number of thiophene rings is 1. The Labute approximate surface area is 103 Å². The number of hydrogen-bond donors (Lipinski definition) is 0. The lowest BCUT2D eigenvalue weighted by Crippen LogP contribution is -1.94. The van der Waals surface area contributed by atoms with Gasteiger partial charge in [-0.25, -0.2) is 4.39 Å². The number of hydrogen-bond acceptors (Lipinski definition) is 3. The Morgan fingerprint density at radius 1 is 1.41 bits per heavy atom. The Balaban J connectivity index is 2.46. The fraction of sp³-hybridized carbons (Fsp3) is 0.154. The molecule has 17 heavy (non-hydrogen) atoms. The second-order valence-electron chi connectivity index (χ2n) is 3.43. The van der Waals surface area contributed by atoms with Crippen LogP contribution in [-0.2, 0) is 0 Å². The molecule has 0 fully saturated rings. The highest BCUT2D eigenvalue weighted by molar-refractivity contribution is 7.12. The Morgan fingerprint density at radius 3 is 2.88 bits per heavy atom. The van der Waals surface area contributed by atoms with E-state index in [4.69, 9.17) is 4.74 Å². The van der Waals surface area contributed by atoms with Crippen LogP contribution >= 0.6 is 11.3 Å². The number of aldehydes is 1. The van der Waals surface area contributed by atoms with Gasteiger partial charge in [0.05, 0.1) is 11.5 Å². The molecule has 0 unspecified atom stereocenters. The van der Waals surface area contributed by atoms with Crippen molar-refractivity contribution < 1.29 is 13.9 Å². The second kappa shape index (κ2) is 5.10. The van der Waals surface area contributed by atoms with E-state index >= 15 is 0 Å². The first-order chi connectivity index (χ1) is 8.24. The van der Waals surface area contributed by atoms with Crippen LogP contribution in [0.25, 0.3) is 11.1 Å². The van der Waals surface area contributed by atoms with Crippen molar-refractivity contribution in [2.75, 3.05) is 6.61 Å². The quantitative estimate of drug-likeness (QED) is 0.772. The van der Waals surface area contributed by atoms with Crippen molar-refractivity contribution in [3.8, 4) is 16.9 Å². The Kier molecular flexibility index (Phi) is 3.54. The van der Waals surface area contributed by atoms with Crippen LogP contribution in [0.2, 0.25) is 0 Å². The maximum Gasteiger partial charge on any atom is 0.160 e. The summed E-state index contributed by atoms with van der Waals surface area (Å²) in [5, 5.41) is 1.86. The molecule has 0 spiro atoms. The first-order valence-corrected chi connectivity index (χ1v) is 6.09. The van der Waals surface area contributed by atoms with Gasteiger partial charge in [-0.1, -0.05) is 0 Å². The van der Waals surface area contributed by atoms with Gasteiger partial charge in [0.1, 0.15) is 11.6 Å². The zero-order valence-corrected chi connectivity index (χ0v) is 10.1. The van der Waals surface area contributed by atoms with E-state index in [0.717, 1.165) is 17.4 Å². The molecule has 2 nitrogen and oxygen atoms in total. The van der Waals surface area contributed by atoms with Gasteiger partial charge in [-0.3, -0.25) is 4.79 Å². The molecule has 0 saturated carbocycles. The molecule has 0 saturated heterocycles. The largest absolute Gasteiger partial charge is 0.493 e. The molecule has 2 rings (SSSR count). The second-order valence-corrected chi connectivity index (χ2v) is 4.37. The molecule has 0 amide bonds. The SMILES string of the molecule is CCOc1cc(F)ccc1-c1csc(C=O)c1. The first-order valence-electron chi connectivity index (χ1n) is 5.21. The average Bonchev–Trinajstić information content (AvgIpc) is 2.78. The third-order valence-corrected chi connectivity index (χ3v) is 3.15. The topological polar surface area (TPSA) is 26.3 Å². The first kappa shape index (κ1) is 11.8. The van der Waals surface area contributed by atoms with E-state index in [-0.39, 0.29) is 5.82 Å². The molecule has 88 valence electrons. The van der Waals surface area contributed by atoms with Gasteiger partial charge in [0, 0.05) is 11.6 Å². The number of carbonyl (C=O) groups excluding carboxylic acids is 1. The molecular formula is C13H11FO2S. The van der Waals surface area contributed by atoms with Gasteiger partial charge in [-0.15, -0.1) is 11.3 Å². The summed E-state index contributed by atoms with van der Waals surface area (Å²) in [6.07, 6.45) is 0.804. The highest BCUT2D eigenvalue weighted by atomic mass is 32.1. The van der Waals surface area contributed by atoms with E-state index in [9.17, 15) is 9.18 Å². The predicted octanol–water partition coefficient (Wildman–Crippen LogP) is 3.77. The van der Waals surface area contributed by atoms with Crippen molar-refractivity contribution in [1.82, 2.24) is 0 Å². The van der Waals surface area contributed by atoms with E-state index in [2.05, 4.69) is 0 Å². The Bertz CT molecular complexity index is 534. The van der Waals surface area contributed by atoms with E-state index < -0.39 is 0 Å². The molecule has 0 N–H and O–H groups in total. The summed E-state index contributed by atoms with van der Waals surface area (Å²) in [6.45, 7) is 2.32. The van der Waals surface area contributed by atoms with Crippen molar-refractivity contribution in [2.45, 2.75) is 6.92 Å². The maximum atomic E-state index is 13.1. The molecular weight excluding hydrogens is 239 g/mol. The number of halogens is 1. The van der Waals surface area contributed by atoms with Crippen molar-refractivity contribution in [3.05, 3.63) is 40.3 Å². The fourth-order valence-corrected chi connectivity index (χ4v) is 2.27. The zero-order chi connectivity index (χ0) is 12.3. The van der Waals surface area contributed by atoms with E-state index in [1.165, 1.54) is 23.5 Å². The van der Waals surface area contributed by atoms with Crippen molar-refractivity contribution in [1.29, 1.82) is 0 Å². The summed E-state index contributed by atoms with van der Waals surface area (Å²) in [7, 11) is 0. The minimum absolute atomic E-state index is 0.331. The third kappa shape index (κ3) is 2.53. The lowest BCUT2D eigenvalue weighted by molar-refractivity contribution is 0.112. The highest BCUT2D eigenvalue weighted by Gasteiger charge is 2.09. The Morgan fingerprint density at radius 2 is 2.24 bits per heavy atom. The smallest absolute Gasteiger partial charge is 0.160 e. The average molecular weight is 250 g/mol. The predicted molar refractivity (Wildman–Crippen MR) is 66.3 cm³/mol. The van der Waals surface area contributed by atoms with Gasteiger partial charge < -0.3 is 4.74 Å². The lowest BCUT2D eigenvalue weighted by Gasteiger charge is -2.08. The molecule has 1 aromatic carbocycles. The molecule has 0 radical (unpaired) electrons. The van der Waals surface area contributed by atoms with Crippen LogP contribution in [0, 0.1) is 5.82 Å². The van der Waals surface area contributed by atoms with Gasteiger partial charge in [0.15, 0.2) is 6.29 Å². The summed E-state index contributed by atoms with van der Waals surface area (Å²) in [5.41, 5.74) is 1.68. The summed E-state index contributed by atoms with van der Waals surface area (Å²) in [4.78, 5) is 11.3. The van der Waals surface area contributed by atoms with Gasteiger partial charge in [0.25, 0.3) is 0 Å². The summed E-state index contributed by atoms with van der Waals surface area (Å²) >= 11 is 1.36. The number of ether oxygens (including phenoxy) is 1. The van der Waals surface area contributed by atoms with Crippen molar-refractivity contribution in [2.24, 2.45) is 0 Å². The van der Waals surface area contributed by atoms with E-state index in [1.807, 2.05) is 12.3 Å². The molecule has 0 aliphatic rings. The Hall–Kier alpha value is -1.68. The minimum Gasteiger partial charge on any atom is -0.493 e. The molecule has 1 aromatic heterocycles. The molecule has 2 aromatic rings. The van der Waals surface area contributed by atoms with E-state index in [0.29, 0.717) is 17.2 Å². The van der Waals surface area contributed by atoms with Gasteiger partial charge in [-0.05, 0) is 36.1 Å². The van der Waals surface area contributed by atoms with Gasteiger partial charge >= 0.3 is 0 Å². The van der Waals surface area contributed by atoms with Crippen LogP contribution in [0.5, 0.6) is 5.75 Å². The third-order valence-electron chi connectivity index (χ3n) is 2.29. The molecule has 0 aliphatic carbocycles. The monoisotopic (exact) mass is 250 g/mol. The van der Waals surface area contributed by atoms with Crippen LogP contribution in [0.4, 0.5) is 4.39 Å². The normalized spacial score (nSPS) is 10.2. The van der Waals surface area contributed by atoms with Crippen molar-refractivity contribution >= 4 is 17.6 Å². The van der Waals surface area contributed by atoms with Crippen LogP contribution < -0.4 is 4.74 Å². The summed E-state index contributed by atoms with van der Waals surface area (Å²) in [6, 6.07) is 6.18. The lowest BCUT2D eigenvalue weighted by atomic mass is 10.1. The number of rotatable bonds is 4. The number of benzene rings is 1. The van der Waals surface area contributed by atoms with Crippen molar-refractivity contribution in [3.63, 3.8) is 0 Å². The van der Waals surface area contributed by atoms with E-state index in [1.54, 1.807) is 12.1 Å².